The number of carbonyl (C=O) groups excluding carboxylic acids is 2. The molecule has 0 radical (unpaired) electrons. The molecule has 0 aliphatic carbocycles. The van der Waals surface area contributed by atoms with Crippen LogP contribution in [0.15, 0.2) is 114 Å². The van der Waals surface area contributed by atoms with Crippen LogP contribution in [-0.4, -0.2) is 28.1 Å². The zero-order valence-corrected chi connectivity index (χ0v) is 21.0. The summed E-state index contributed by atoms with van der Waals surface area (Å²) in [5.41, 5.74) is 2.17. The summed E-state index contributed by atoms with van der Waals surface area (Å²) < 4.78 is 0. The van der Waals surface area contributed by atoms with Gasteiger partial charge in [0.2, 0.25) is 5.91 Å². The molecular weight excluding hydrogens is 484 g/mol. The molecule has 0 spiro atoms. The third-order valence-corrected chi connectivity index (χ3v) is 7.05. The van der Waals surface area contributed by atoms with Crippen LogP contribution in [-0.2, 0) is 4.79 Å². The maximum atomic E-state index is 13.7. The van der Waals surface area contributed by atoms with Crippen molar-refractivity contribution in [2.24, 2.45) is 0 Å². The summed E-state index contributed by atoms with van der Waals surface area (Å²) >= 11 is 1.46. The van der Waals surface area contributed by atoms with Crippen molar-refractivity contribution < 1.29 is 19.5 Å². The first-order chi connectivity index (χ1) is 18.0. The number of aromatic carboxylic acids is 1. The van der Waals surface area contributed by atoms with E-state index in [-0.39, 0.29) is 22.3 Å². The number of hydrogen-bond donors (Lipinski definition) is 2. The van der Waals surface area contributed by atoms with Crippen LogP contribution < -0.4 is 10.2 Å². The summed E-state index contributed by atoms with van der Waals surface area (Å²) in [6, 6.07) is 32.4. The molecule has 186 valence electrons. The number of benzene rings is 4. The van der Waals surface area contributed by atoms with Crippen molar-refractivity contribution in [1.82, 2.24) is 0 Å². The second-order valence-corrected chi connectivity index (χ2v) is 9.46. The van der Waals surface area contributed by atoms with Gasteiger partial charge < -0.3 is 10.4 Å². The fourth-order valence-electron chi connectivity index (χ4n) is 3.86. The summed E-state index contributed by atoms with van der Waals surface area (Å²) in [4.78, 5) is 40.4. The first-order valence-corrected chi connectivity index (χ1v) is 12.7. The number of carbonyl (C=O) groups is 3. The molecule has 0 aromatic heterocycles. The fraction of sp³-hybridized carbons (Fsp3) is 0.100. The molecule has 1 atom stereocenters. The molecule has 0 heterocycles. The van der Waals surface area contributed by atoms with E-state index in [0.29, 0.717) is 12.1 Å². The van der Waals surface area contributed by atoms with Crippen LogP contribution in [0, 0.1) is 0 Å². The van der Waals surface area contributed by atoms with E-state index in [2.05, 4.69) is 5.32 Å². The molecule has 1 unspecified atom stereocenters. The van der Waals surface area contributed by atoms with Gasteiger partial charge in [0.15, 0.2) is 0 Å². The average molecular weight is 511 g/mol. The standard InChI is InChI=1S/C30H26N2O4S/c1-2-27(29(34)32(22-11-5-3-6-12-22)23-13-7-4-8-14-23)37-24-19-17-21(18-20-24)31-28(33)25-15-9-10-16-26(25)30(35)36/h3-20,27H,2H2,1H3,(H,31,33)(H,35,36). The van der Waals surface area contributed by atoms with Crippen LogP contribution in [0.4, 0.5) is 17.1 Å². The molecule has 0 saturated heterocycles. The molecule has 4 aromatic rings. The van der Waals surface area contributed by atoms with Gasteiger partial charge in [-0.05, 0) is 67.1 Å². The molecule has 0 aliphatic heterocycles. The predicted molar refractivity (Wildman–Crippen MR) is 148 cm³/mol. The molecule has 0 fully saturated rings. The number of rotatable bonds is 9. The number of nitrogens with one attached hydrogen (secondary N) is 1. The highest BCUT2D eigenvalue weighted by atomic mass is 32.2. The Labute approximate surface area is 220 Å². The topological polar surface area (TPSA) is 86.7 Å². The van der Waals surface area contributed by atoms with E-state index >= 15 is 0 Å². The average Bonchev–Trinajstić information content (AvgIpc) is 2.93. The summed E-state index contributed by atoms with van der Waals surface area (Å²) in [7, 11) is 0. The number of para-hydroxylation sites is 2. The molecule has 0 bridgehead atoms. The third-order valence-electron chi connectivity index (χ3n) is 5.69. The largest absolute Gasteiger partial charge is 0.478 e. The maximum absolute atomic E-state index is 13.7. The van der Waals surface area contributed by atoms with Crippen molar-refractivity contribution >= 4 is 46.6 Å². The van der Waals surface area contributed by atoms with Crippen LogP contribution >= 0.6 is 11.8 Å². The first-order valence-electron chi connectivity index (χ1n) is 11.8. The number of amides is 2. The highest BCUT2D eigenvalue weighted by Gasteiger charge is 2.26. The van der Waals surface area contributed by atoms with Gasteiger partial charge in [-0.15, -0.1) is 11.8 Å². The van der Waals surface area contributed by atoms with E-state index in [4.69, 9.17) is 0 Å². The fourth-order valence-corrected chi connectivity index (χ4v) is 4.85. The van der Waals surface area contributed by atoms with Crippen molar-refractivity contribution in [3.05, 3.63) is 120 Å². The molecule has 2 amide bonds. The Morgan fingerprint density at radius 3 is 1.78 bits per heavy atom. The molecule has 37 heavy (non-hydrogen) atoms. The lowest BCUT2D eigenvalue weighted by atomic mass is 10.1. The minimum absolute atomic E-state index is 0.0208. The van der Waals surface area contributed by atoms with Gasteiger partial charge in [-0.2, -0.15) is 0 Å². The monoisotopic (exact) mass is 510 g/mol. The van der Waals surface area contributed by atoms with Crippen molar-refractivity contribution in [2.45, 2.75) is 23.5 Å². The zero-order chi connectivity index (χ0) is 26.2. The Hall–Kier alpha value is -4.36. The zero-order valence-electron chi connectivity index (χ0n) is 20.2. The molecule has 4 aromatic carbocycles. The Bertz CT molecular complexity index is 1340. The Morgan fingerprint density at radius 2 is 1.27 bits per heavy atom. The van der Waals surface area contributed by atoms with E-state index in [1.807, 2.05) is 79.7 Å². The van der Waals surface area contributed by atoms with Gasteiger partial charge in [0.1, 0.15) is 0 Å². The molecule has 2 N–H and O–H groups in total. The highest BCUT2D eigenvalue weighted by Crippen LogP contribution is 2.33. The Balaban J connectivity index is 1.50. The van der Waals surface area contributed by atoms with Gasteiger partial charge in [-0.25, -0.2) is 4.79 Å². The maximum Gasteiger partial charge on any atom is 0.336 e. The molecule has 6 nitrogen and oxygen atoms in total. The van der Waals surface area contributed by atoms with Crippen LogP contribution in [0.2, 0.25) is 0 Å². The number of nitrogens with zero attached hydrogens (tertiary/aromatic N) is 1. The SMILES string of the molecule is CCC(Sc1ccc(NC(=O)c2ccccc2C(=O)O)cc1)C(=O)N(c1ccccc1)c1ccccc1. The molecule has 4 rings (SSSR count). The van der Waals surface area contributed by atoms with E-state index in [1.165, 1.54) is 23.9 Å². The van der Waals surface area contributed by atoms with Crippen molar-refractivity contribution in [3.8, 4) is 0 Å². The normalized spacial score (nSPS) is 11.4. The van der Waals surface area contributed by atoms with Crippen LogP contribution in [0.3, 0.4) is 0 Å². The predicted octanol–water partition coefficient (Wildman–Crippen LogP) is 6.87. The molecule has 0 saturated carbocycles. The number of carboxylic acid groups (broad SMARTS) is 1. The first kappa shape index (κ1) is 25.7. The summed E-state index contributed by atoms with van der Waals surface area (Å²) in [5.74, 6) is -1.68. The number of carboxylic acids is 1. The van der Waals surface area contributed by atoms with Gasteiger partial charge >= 0.3 is 5.97 Å². The van der Waals surface area contributed by atoms with Gasteiger partial charge in [-0.3, -0.25) is 14.5 Å². The number of anilines is 3. The summed E-state index contributed by atoms with van der Waals surface area (Å²) in [6.07, 6.45) is 0.629. The Morgan fingerprint density at radius 1 is 0.757 bits per heavy atom. The van der Waals surface area contributed by atoms with Crippen molar-refractivity contribution in [2.75, 3.05) is 10.2 Å². The lowest BCUT2D eigenvalue weighted by Crippen LogP contribution is -2.34. The number of hydrogen-bond acceptors (Lipinski definition) is 4. The minimum Gasteiger partial charge on any atom is -0.478 e. The third kappa shape index (κ3) is 6.26. The van der Waals surface area contributed by atoms with Gasteiger partial charge in [0.25, 0.3) is 5.91 Å². The molecule has 0 aliphatic rings. The van der Waals surface area contributed by atoms with Gasteiger partial charge in [-0.1, -0.05) is 55.5 Å². The highest BCUT2D eigenvalue weighted by molar-refractivity contribution is 8.00. The lowest BCUT2D eigenvalue weighted by Gasteiger charge is -2.27. The smallest absolute Gasteiger partial charge is 0.336 e. The Kier molecular flexibility index (Phi) is 8.38. The van der Waals surface area contributed by atoms with Gasteiger partial charge in [0.05, 0.1) is 16.4 Å². The van der Waals surface area contributed by atoms with E-state index in [0.717, 1.165) is 16.3 Å². The molecule has 7 heteroatoms. The van der Waals surface area contributed by atoms with Crippen molar-refractivity contribution in [3.63, 3.8) is 0 Å². The van der Waals surface area contributed by atoms with Crippen LogP contribution in [0.5, 0.6) is 0 Å². The second-order valence-electron chi connectivity index (χ2n) is 8.19. The quantitative estimate of drug-likeness (QED) is 0.240. The van der Waals surface area contributed by atoms with Crippen LogP contribution in [0.1, 0.15) is 34.1 Å². The van der Waals surface area contributed by atoms with E-state index in [1.54, 1.807) is 29.2 Å². The van der Waals surface area contributed by atoms with E-state index < -0.39 is 11.9 Å². The molecular formula is C30H26N2O4S. The lowest BCUT2D eigenvalue weighted by molar-refractivity contribution is -0.117. The minimum atomic E-state index is -1.16. The second kappa shape index (κ2) is 12.1. The van der Waals surface area contributed by atoms with Crippen LogP contribution in [0.25, 0.3) is 0 Å². The summed E-state index contributed by atoms with van der Waals surface area (Å²) in [5, 5.41) is 11.8. The van der Waals surface area contributed by atoms with Gasteiger partial charge in [0, 0.05) is 22.0 Å². The van der Waals surface area contributed by atoms with E-state index in [9.17, 15) is 19.5 Å². The number of thioether (sulfide) groups is 1. The van der Waals surface area contributed by atoms with Crippen molar-refractivity contribution in [1.29, 1.82) is 0 Å². The summed E-state index contributed by atoms with van der Waals surface area (Å²) in [6.45, 7) is 1.98.